The standard InChI is InChI=1S/C22H24N4O2S3/c1-3-15-5-9-17(10-6-15)23-19(27)13-29-21-25-26-22(31-21)30-14-20(28)24-18-11-7-16(4-2)8-12-18/h5-12H,3-4,13-14H2,1-2H3,(H,23,27)(H,24,28). The molecule has 0 spiro atoms. The molecule has 2 amide bonds. The Morgan fingerprint density at radius 1 is 0.742 bits per heavy atom. The number of benzene rings is 2. The van der Waals surface area contributed by atoms with E-state index in [-0.39, 0.29) is 23.3 Å². The highest BCUT2D eigenvalue weighted by Gasteiger charge is 2.11. The Morgan fingerprint density at radius 3 is 1.48 bits per heavy atom. The molecular formula is C22H24N4O2S3. The van der Waals surface area contributed by atoms with Crippen LogP contribution in [0.25, 0.3) is 0 Å². The van der Waals surface area contributed by atoms with E-state index in [2.05, 4.69) is 34.7 Å². The summed E-state index contributed by atoms with van der Waals surface area (Å²) in [7, 11) is 0. The lowest BCUT2D eigenvalue weighted by molar-refractivity contribution is -0.114. The molecule has 0 fully saturated rings. The van der Waals surface area contributed by atoms with Crippen molar-refractivity contribution >= 4 is 58.0 Å². The van der Waals surface area contributed by atoms with Gasteiger partial charge in [-0.05, 0) is 48.2 Å². The minimum Gasteiger partial charge on any atom is -0.325 e. The summed E-state index contributed by atoms with van der Waals surface area (Å²) in [5, 5.41) is 14.0. The van der Waals surface area contributed by atoms with Crippen molar-refractivity contribution in [2.75, 3.05) is 22.1 Å². The van der Waals surface area contributed by atoms with Crippen LogP contribution in [0.15, 0.2) is 57.2 Å². The van der Waals surface area contributed by atoms with Crippen LogP contribution in [0.3, 0.4) is 0 Å². The lowest BCUT2D eigenvalue weighted by Crippen LogP contribution is -2.13. The molecule has 2 N–H and O–H groups in total. The summed E-state index contributed by atoms with van der Waals surface area (Å²) in [6.45, 7) is 4.19. The van der Waals surface area contributed by atoms with Crippen LogP contribution in [0.5, 0.6) is 0 Å². The molecule has 0 aliphatic carbocycles. The average Bonchev–Trinajstić information content (AvgIpc) is 3.25. The Morgan fingerprint density at radius 2 is 1.13 bits per heavy atom. The average molecular weight is 473 g/mol. The molecule has 0 atom stereocenters. The normalized spacial score (nSPS) is 10.6. The summed E-state index contributed by atoms with van der Waals surface area (Å²) in [5.74, 6) is 0.325. The van der Waals surface area contributed by atoms with Crippen LogP contribution < -0.4 is 10.6 Å². The minimum atomic E-state index is -0.0906. The van der Waals surface area contributed by atoms with Gasteiger partial charge in [0.1, 0.15) is 0 Å². The van der Waals surface area contributed by atoms with Crippen molar-refractivity contribution in [1.82, 2.24) is 10.2 Å². The molecular weight excluding hydrogens is 448 g/mol. The van der Waals surface area contributed by atoms with Crippen LogP contribution in [-0.4, -0.2) is 33.5 Å². The van der Waals surface area contributed by atoms with Gasteiger partial charge in [-0.15, -0.1) is 10.2 Å². The molecule has 1 heterocycles. The number of nitrogens with one attached hydrogen (secondary N) is 2. The minimum absolute atomic E-state index is 0.0906. The lowest BCUT2D eigenvalue weighted by atomic mass is 10.1. The highest BCUT2D eigenvalue weighted by molar-refractivity contribution is 8.03. The summed E-state index contributed by atoms with van der Waals surface area (Å²) in [6, 6.07) is 15.7. The molecule has 162 valence electrons. The maximum absolute atomic E-state index is 12.1. The number of hydrogen-bond acceptors (Lipinski definition) is 7. The number of rotatable bonds is 10. The summed E-state index contributed by atoms with van der Waals surface area (Å²) in [5.41, 5.74) is 4.03. The number of carbonyl (C=O) groups is 2. The van der Waals surface area contributed by atoms with E-state index in [9.17, 15) is 9.59 Å². The molecule has 9 heteroatoms. The van der Waals surface area contributed by atoms with Crippen LogP contribution in [0, 0.1) is 0 Å². The highest BCUT2D eigenvalue weighted by atomic mass is 32.2. The van der Waals surface area contributed by atoms with Gasteiger partial charge in [0.25, 0.3) is 0 Å². The van der Waals surface area contributed by atoms with E-state index in [1.165, 1.54) is 46.0 Å². The van der Waals surface area contributed by atoms with Crippen molar-refractivity contribution in [3.8, 4) is 0 Å². The number of aromatic nitrogens is 2. The summed E-state index contributed by atoms with van der Waals surface area (Å²) in [4.78, 5) is 24.3. The monoisotopic (exact) mass is 472 g/mol. The Hall–Kier alpha value is -2.36. The molecule has 0 aliphatic heterocycles. The molecule has 3 rings (SSSR count). The number of aryl methyl sites for hydroxylation is 2. The second-order valence-electron chi connectivity index (χ2n) is 6.61. The Labute approximate surface area is 194 Å². The lowest BCUT2D eigenvalue weighted by Gasteiger charge is -2.05. The number of hydrogen-bond donors (Lipinski definition) is 2. The van der Waals surface area contributed by atoms with Gasteiger partial charge < -0.3 is 10.6 Å². The second kappa shape index (κ2) is 11.9. The van der Waals surface area contributed by atoms with Crippen molar-refractivity contribution in [3.05, 3.63) is 59.7 Å². The maximum Gasteiger partial charge on any atom is 0.234 e. The molecule has 3 aromatic rings. The van der Waals surface area contributed by atoms with E-state index < -0.39 is 0 Å². The van der Waals surface area contributed by atoms with Crippen LogP contribution in [0.1, 0.15) is 25.0 Å². The van der Waals surface area contributed by atoms with Gasteiger partial charge >= 0.3 is 0 Å². The van der Waals surface area contributed by atoms with Gasteiger partial charge in [-0.2, -0.15) is 0 Å². The van der Waals surface area contributed by atoms with Crippen molar-refractivity contribution in [2.45, 2.75) is 35.4 Å². The number of carbonyl (C=O) groups excluding carboxylic acids is 2. The zero-order chi connectivity index (χ0) is 22.1. The van der Waals surface area contributed by atoms with E-state index >= 15 is 0 Å². The predicted molar refractivity (Wildman–Crippen MR) is 130 cm³/mol. The smallest absolute Gasteiger partial charge is 0.234 e. The second-order valence-corrected chi connectivity index (χ2v) is 10.0. The third-order valence-corrected chi connectivity index (χ3v) is 7.52. The Kier molecular flexibility index (Phi) is 8.93. The maximum atomic E-state index is 12.1. The van der Waals surface area contributed by atoms with Crippen molar-refractivity contribution < 1.29 is 9.59 Å². The fraction of sp³-hybridized carbons (Fsp3) is 0.273. The first-order valence-corrected chi connectivity index (χ1v) is 12.7. The van der Waals surface area contributed by atoms with Crippen molar-refractivity contribution in [2.24, 2.45) is 0 Å². The van der Waals surface area contributed by atoms with Crippen LogP contribution in [0.4, 0.5) is 11.4 Å². The number of amides is 2. The third kappa shape index (κ3) is 7.68. The zero-order valence-electron chi connectivity index (χ0n) is 17.4. The molecule has 0 saturated heterocycles. The van der Waals surface area contributed by atoms with Crippen LogP contribution in [0.2, 0.25) is 0 Å². The first kappa shape index (κ1) is 23.3. The molecule has 0 aliphatic rings. The van der Waals surface area contributed by atoms with E-state index in [0.717, 1.165) is 24.2 Å². The van der Waals surface area contributed by atoms with Gasteiger partial charge in [0.15, 0.2) is 8.68 Å². The summed E-state index contributed by atoms with van der Waals surface area (Å²) in [6.07, 6.45) is 1.93. The fourth-order valence-electron chi connectivity index (χ4n) is 2.61. The zero-order valence-corrected chi connectivity index (χ0v) is 19.8. The van der Waals surface area contributed by atoms with E-state index in [0.29, 0.717) is 8.68 Å². The molecule has 0 radical (unpaired) electrons. The molecule has 31 heavy (non-hydrogen) atoms. The molecule has 0 saturated carbocycles. The number of nitrogens with zero attached hydrogens (tertiary/aromatic N) is 2. The van der Waals surface area contributed by atoms with Gasteiger partial charge in [0.2, 0.25) is 11.8 Å². The SMILES string of the molecule is CCc1ccc(NC(=O)CSc2nnc(SCC(=O)Nc3ccc(CC)cc3)s2)cc1. The number of thioether (sulfide) groups is 2. The number of anilines is 2. The Balaban J connectivity index is 1.39. The summed E-state index contributed by atoms with van der Waals surface area (Å²) < 4.78 is 1.41. The van der Waals surface area contributed by atoms with Gasteiger partial charge in [0.05, 0.1) is 11.5 Å². The van der Waals surface area contributed by atoms with Gasteiger partial charge in [-0.25, -0.2) is 0 Å². The molecule has 0 unspecified atom stereocenters. The highest BCUT2D eigenvalue weighted by Crippen LogP contribution is 2.29. The molecule has 6 nitrogen and oxygen atoms in total. The first-order chi connectivity index (χ1) is 15.1. The first-order valence-electron chi connectivity index (χ1n) is 9.92. The van der Waals surface area contributed by atoms with Gasteiger partial charge in [-0.3, -0.25) is 9.59 Å². The topological polar surface area (TPSA) is 84.0 Å². The van der Waals surface area contributed by atoms with Crippen LogP contribution >= 0.6 is 34.9 Å². The van der Waals surface area contributed by atoms with Gasteiger partial charge in [-0.1, -0.05) is 73.0 Å². The van der Waals surface area contributed by atoms with Crippen LogP contribution in [-0.2, 0) is 22.4 Å². The molecule has 0 bridgehead atoms. The van der Waals surface area contributed by atoms with E-state index in [4.69, 9.17) is 0 Å². The largest absolute Gasteiger partial charge is 0.325 e. The van der Waals surface area contributed by atoms with E-state index in [1.54, 1.807) is 0 Å². The summed E-state index contributed by atoms with van der Waals surface area (Å²) >= 11 is 4.05. The molecule has 1 aromatic heterocycles. The fourth-order valence-corrected chi connectivity index (χ4v) is 5.23. The predicted octanol–water partition coefficient (Wildman–Crippen LogP) is 5.12. The quantitative estimate of drug-likeness (QED) is 0.398. The third-order valence-electron chi connectivity index (χ3n) is 4.33. The Bertz CT molecular complexity index is 924. The van der Waals surface area contributed by atoms with E-state index in [1.807, 2.05) is 48.5 Å². The van der Waals surface area contributed by atoms with Crippen molar-refractivity contribution in [3.63, 3.8) is 0 Å². The van der Waals surface area contributed by atoms with Gasteiger partial charge in [0, 0.05) is 11.4 Å². The van der Waals surface area contributed by atoms with Crippen molar-refractivity contribution in [1.29, 1.82) is 0 Å². The molecule has 2 aromatic carbocycles.